The Morgan fingerprint density at radius 2 is 2.14 bits per heavy atom. The van der Waals surface area contributed by atoms with Crippen LogP contribution in [0, 0.1) is 6.92 Å². The van der Waals surface area contributed by atoms with E-state index in [-0.39, 0.29) is 12.5 Å². The van der Waals surface area contributed by atoms with E-state index in [0.717, 1.165) is 16.3 Å². The van der Waals surface area contributed by atoms with Gasteiger partial charge in [0.2, 0.25) is 0 Å². The van der Waals surface area contributed by atoms with Gasteiger partial charge in [-0.3, -0.25) is 0 Å². The summed E-state index contributed by atoms with van der Waals surface area (Å²) in [7, 11) is 0. The van der Waals surface area contributed by atoms with Crippen molar-refractivity contribution in [2.45, 2.75) is 13.5 Å². The Kier molecular flexibility index (Phi) is 2.17. The first-order chi connectivity index (χ1) is 6.72. The molecule has 0 aliphatic carbocycles. The van der Waals surface area contributed by atoms with Crippen molar-refractivity contribution in [2.75, 3.05) is 6.61 Å². The quantitative estimate of drug-likeness (QED) is 0.758. The molecule has 3 heteroatoms. The van der Waals surface area contributed by atoms with Crippen molar-refractivity contribution in [1.82, 2.24) is 4.57 Å². The maximum absolute atomic E-state index is 9.80. The van der Waals surface area contributed by atoms with Gasteiger partial charge in [0, 0.05) is 23.5 Å². The van der Waals surface area contributed by atoms with Crippen LogP contribution in [0.1, 0.15) is 5.56 Å². The van der Waals surface area contributed by atoms with Crippen molar-refractivity contribution in [2.24, 2.45) is 0 Å². The lowest BCUT2D eigenvalue weighted by molar-refractivity contribution is 0.268. The molecular weight excluding hydrogens is 178 g/mol. The van der Waals surface area contributed by atoms with Crippen LogP contribution in [0.25, 0.3) is 10.8 Å². The first-order valence-electron chi connectivity index (χ1n) is 4.61. The molecule has 2 aromatic rings. The molecule has 0 unspecified atom stereocenters. The third kappa shape index (κ3) is 1.36. The maximum Gasteiger partial charge on any atom is 0.199 e. The molecule has 0 spiro atoms. The Morgan fingerprint density at radius 1 is 1.36 bits per heavy atom. The topological polar surface area (TPSA) is 45.4 Å². The summed E-state index contributed by atoms with van der Waals surface area (Å²) in [4.78, 5) is 0. The molecule has 14 heavy (non-hydrogen) atoms. The summed E-state index contributed by atoms with van der Waals surface area (Å²) in [5, 5.41) is 20.4. The number of benzene rings is 1. The van der Waals surface area contributed by atoms with Gasteiger partial charge in [-0.15, -0.1) is 0 Å². The molecule has 2 N–H and O–H groups in total. The highest BCUT2D eigenvalue weighted by molar-refractivity contribution is 5.88. The maximum atomic E-state index is 9.80. The minimum Gasteiger partial charge on any atom is -0.494 e. The third-order valence-corrected chi connectivity index (χ3v) is 2.36. The largest absolute Gasteiger partial charge is 0.494 e. The predicted octanol–water partition coefficient (Wildman–Crippen LogP) is 1.65. The first-order valence-corrected chi connectivity index (χ1v) is 4.61. The van der Waals surface area contributed by atoms with Crippen LogP contribution >= 0.6 is 0 Å². The van der Waals surface area contributed by atoms with Gasteiger partial charge in [-0.1, -0.05) is 17.7 Å². The molecule has 0 atom stereocenters. The zero-order valence-corrected chi connectivity index (χ0v) is 8.07. The summed E-state index contributed by atoms with van der Waals surface area (Å²) >= 11 is 0. The number of aromatic hydroxyl groups is 1. The fourth-order valence-corrected chi connectivity index (χ4v) is 1.64. The van der Waals surface area contributed by atoms with Gasteiger partial charge in [0.15, 0.2) is 5.88 Å². The highest BCUT2D eigenvalue weighted by Crippen LogP contribution is 2.27. The molecule has 0 aliphatic rings. The molecule has 1 heterocycles. The molecule has 1 aromatic heterocycles. The Labute approximate surface area is 82.2 Å². The average Bonchev–Trinajstić information content (AvgIpc) is 2.46. The fraction of sp³-hybridized carbons (Fsp3) is 0.273. The second kappa shape index (κ2) is 3.35. The van der Waals surface area contributed by atoms with E-state index in [1.807, 2.05) is 31.3 Å². The molecule has 0 fully saturated rings. The van der Waals surface area contributed by atoms with Crippen LogP contribution in [0.4, 0.5) is 0 Å². The first kappa shape index (κ1) is 9.09. The van der Waals surface area contributed by atoms with Crippen molar-refractivity contribution < 1.29 is 10.2 Å². The summed E-state index contributed by atoms with van der Waals surface area (Å²) in [6, 6.07) is 5.92. The molecule has 0 saturated heterocycles. The molecule has 0 aliphatic heterocycles. The minimum absolute atomic E-state index is 0.0352. The molecule has 74 valence electrons. The summed E-state index contributed by atoms with van der Waals surface area (Å²) in [6.07, 6.45) is 1.85. The molecule has 0 saturated carbocycles. The van der Waals surface area contributed by atoms with E-state index in [2.05, 4.69) is 0 Å². The van der Waals surface area contributed by atoms with E-state index in [4.69, 9.17) is 5.11 Å². The van der Waals surface area contributed by atoms with Crippen LogP contribution in [0.3, 0.4) is 0 Å². The van der Waals surface area contributed by atoms with Gasteiger partial charge in [0.1, 0.15) is 0 Å². The Bertz CT molecular complexity index is 460. The summed E-state index contributed by atoms with van der Waals surface area (Å²) in [5.74, 6) is 0.234. The van der Waals surface area contributed by atoms with E-state index in [1.165, 1.54) is 0 Å². The van der Waals surface area contributed by atoms with Crippen molar-refractivity contribution >= 4 is 10.8 Å². The number of fused-ring (bicyclic) bond motifs is 1. The minimum atomic E-state index is 0.0352. The van der Waals surface area contributed by atoms with Crippen molar-refractivity contribution in [3.63, 3.8) is 0 Å². The Hall–Kier alpha value is -1.48. The van der Waals surface area contributed by atoms with E-state index in [9.17, 15) is 5.11 Å². The van der Waals surface area contributed by atoms with Crippen molar-refractivity contribution in [3.05, 3.63) is 30.0 Å². The highest BCUT2D eigenvalue weighted by atomic mass is 16.3. The van der Waals surface area contributed by atoms with E-state index >= 15 is 0 Å². The molecule has 1 aromatic carbocycles. The number of nitrogens with zero attached hydrogens (tertiary/aromatic N) is 1. The molecule has 0 amide bonds. The number of hydrogen-bond donors (Lipinski definition) is 2. The lowest BCUT2D eigenvalue weighted by atomic mass is 10.1. The molecule has 0 radical (unpaired) electrons. The smallest absolute Gasteiger partial charge is 0.199 e. The van der Waals surface area contributed by atoms with Crippen LogP contribution < -0.4 is 0 Å². The normalized spacial score (nSPS) is 11.0. The standard InChI is InChI=1S/C11H13NO2/c1-8-2-3-9-7-12(4-5-13)11(14)10(9)6-8/h2-3,6-7,13-14H,4-5H2,1H3. The second-order valence-corrected chi connectivity index (χ2v) is 3.46. The summed E-state index contributed by atoms with van der Waals surface area (Å²) in [6.45, 7) is 2.45. The van der Waals surface area contributed by atoms with E-state index in [0.29, 0.717) is 6.54 Å². The number of rotatable bonds is 2. The molecule has 2 rings (SSSR count). The summed E-state index contributed by atoms with van der Waals surface area (Å²) < 4.78 is 1.66. The molecule has 0 bridgehead atoms. The predicted molar refractivity (Wildman–Crippen MR) is 55.4 cm³/mol. The van der Waals surface area contributed by atoms with Crippen molar-refractivity contribution in [1.29, 1.82) is 0 Å². The zero-order chi connectivity index (χ0) is 10.1. The molecular formula is C11H13NO2. The van der Waals surface area contributed by atoms with Gasteiger partial charge in [-0.2, -0.15) is 0 Å². The molecule has 3 nitrogen and oxygen atoms in total. The third-order valence-electron chi connectivity index (χ3n) is 2.36. The average molecular weight is 191 g/mol. The van der Waals surface area contributed by atoms with Gasteiger partial charge in [0.25, 0.3) is 0 Å². The lowest BCUT2D eigenvalue weighted by Crippen LogP contribution is -1.98. The Morgan fingerprint density at radius 3 is 2.86 bits per heavy atom. The number of aromatic nitrogens is 1. The van der Waals surface area contributed by atoms with Crippen molar-refractivity contribution in [3.8, 4) is 5.88 Å². The fourth-order valence-electron chi connectivity index (χ4n) is 1.64. The van der Waals surface area contributed by atoms with E-state index < -0.39 is 0 Å². The summed E-state index contributed by atoms with van der Waals surface area (Å²) in [5.41, 5.74) is 1.12. The number of aliphatic hydroxyl groups is 1. The number of hydrogen-bond acceptors (Lipinski definition) is 2. The Balaban J connectivity index is 2.62. The van der Waals surface area contributed by atoms with Crippen LogP contribution in [-0.2, 0) is 6.54 Å². The van der Waals surface area contributed by atoms with Gasteiger partial charge in [-0.25, -0.2) is 0 Å². The van der Waals surface area contributed by atoms with Crippen LogP contribution in [0.5, 0.6) is 5.88 Å². The second-order valence-electron chi connectivity index (χ2n) is 3.46. The number of aryl methyl sites for hydroxylation is 1. The van der Waals surface area contributed by atoms with Crippen LogP contribution in [-0.4, -0.2) is 21.4 Å². The van der Waals surface area contributed by atoms with Gasteiger partial charge < -0.3 is 14.8 Å². The van der Waals surface area contributed by atoms with Gasteiger partial charge >= 0.3 is 0 Å². The van der Waals surface area contributed by atoms with Gasteiger partial charge in [0.05, 0.1) is 6.61 Å². The SMILES string of the molecule is Cc1ccc2cn(CCO)c(O)c2c1. The van der Waals surface area contributed by atoms with Crippen LogP contribution in [0.2, 0.25) is 0 Å². The zero-order valence-electron chi connectivity index (χ0n) is 8.07. The lowest BCUT2D eigenvalue weighted by Gasteiger charge is -2.00. The van der Waals surface area contributed by atoms with E-state index in [1.54, 1.807) is 4.57 Å². The monoisotopic (exact) mass is 191 g/mol. The van der Waals surface area contributed by atoms with Crippen LogP contribution in [0.15, 0.2) is 24.4 Å². The highest BCUT2D eigenvalue weighted by Gasteiger charge is 2.06. The number of aliphatic hydroxyl groups excluding tert-OH is 1. The van der Waals surface area contributed by atoms with Gasteiger partial charge in [-0.05, 0) is 13.0 Å².